The number of carbonyl (C=O) groups is 1. The number of benzene rings is 1. The normalized spacial score (nSPS) is 10.8. The molecule has 1 rings (SSSR count). The van der Waals surface area contributed by atoms with Gasteiger partial charge in [-0.15, -0.1) is 0 Å². The number of carboxylic acids is 1. The van der Waals surface area contributed by atoms with Gasteiger partial charge in [-0.25, -0.2) is 4.79 Å². The number of ether oxygens (including phenoxy) is 1. The maximum atomic E-state index is 10.7. The third-order valence-electron chi connectivity index (χ3n) is 3.08. The van der Waals surface area contributed by atoms with Crippen molar-refractivity contribution < 1.29 is 14.6 Å². The summed E-state index contributed by atoms with van der Waals surface area (Å²) < 4.78 is 5.41. The van der Waals surface area contributed by atoms with Crippen molar-refractivity contribution in [3.63, 3.8) is 0 Å². The molecule has 1 aromatic rings. The van der Waals surface area contributed by atoms with Gasteiger partial charge in [0.1, 0.15) is 5.75 Å². The van der Waals surface area contributed by atoms with E-state index in [0.717, 1.165) is 34.5 Å². The first kappa shape index (κ1) is 22.9. The number of aliphatic carboxylic acids is 1. The molecule has 0 heterocycles. The summed E-state index contributed by atoms with van der Waals surface area (Å²) in [6.45, 7) is 4.08. The number of thioether (sulfide) groups is 4. The van der Waals surface area contributed by atoms with Crippen LogP contribution in [0.5, 0.6) is 5.75 Å². The van der Waals surface area contributed by atoms with Gasteiger partial charge in [-0.1, -0.05) is 19.9 Å². The fourth-order valence-corrected chi connectivity index (χ4v) is 5.58. The Morgan fingerprint density at radius 2 is 1.36 bits per heavy atom. The summed E-state index contributed by atoms with van der Waals surface area (Å²) in [6, 6.07) is 6.18. The molecule has 25 heavy (non-hydrogen) atoms. The Balaban J connectivity index is 2.58. The minimum atomic E-state index is -0.941. The van der Waals surface area contributed by atoms with Crippen LogP contribution in [0.3, 0.4) is 0 Å². The van der Waals surface area contributed by atoms with Gasteiger partial charge in [0.25, 0.3) is 0 Å². The van der Waals surface area contributed by atoms with Gasteiger partial charge in [-0.3, -0.25) is 0 Å². The summed E-state index contributed by atoms with van der Waals surface area (Å²) in [5.41, 5.74) is 2.43. The van der Waals surface area contributed by atoms with Crippen LogP contribution in [-0.2, 0) is 16.3 Å². The van der Waals surface area contributed by atoms with Gasteiger partial charge in [0, 0.05) is 34.5 Å². The predicted molar refractivity (Wildman–Crippen MR) is 118 cm³/mol. The van der Waals surface area contributed by atoms with Crippen molar-refractivity contribution in [2.75, 3.05) is 41.1 Å². The van der Waals surface area contributed by atoms with Crippen LogP contribution in [0.4, 0.5) is 0 Å². The second-order valence-electron chi connectivity index (χ2n) is 5.17. The lowest BCUT2D eigenvalue weighted by atomic mass is 10.1. The zero-order chi connectivity index (χ0) is 18.3. The number of hydrogen-bond acceptors (Lipinski definition) is 6. The molecule has 0 bridgehead atoms. The highest BCUT2D eigenvalue weighted by Gasteiger charge is 2.06. The minimum Gasteiger partial charge on any atom is -0.482 e. The molecule has 0 fully saturated rings. The summed E-state index contributed by atoms with van der Waals surface area (Å²) in [7, 11) is 0. The molecule has 7 heteroatoms. The first-order chi connectivity index (χ1) is 12.2. The van der Waals surface area contributed by atoms with E-state index in [1.807, 2.05) is 59.2 Å². The molecule has 0 atom stereocenters. The van der Waals surface area contributed by atoms with Gasteiger partial charge in [0.2, 0.25) is 0 Å². The van der Waals surface area contributed by atoms with Crippen molar-refractivity contribution in [2.24, 2.45) is 0 Å². The second kappa shape index (κ2) is 15.0. The molecule has 0 saturated carbocycles. The van der Waals surface area contributed by atoms with Gasteiger partial charge in [-0.2, -0.15) is 47.0 Å². The number of carboxylic acid groups (broad SMARTS) is 1. The Bertz CT molecular complexity index is 465. The Morgan fingerprint density at radius 3 is 1.80 bits per heavy atom. The molecule has 0 unspecified atom stereocenters. The summed E-state index contributed by atoms with van der Waals surface area (Å²) >= 11 is 7.76. The smallest absolute Gasteiger partial charge is 0.341 e. The van der Waals surface area contributed by atoms with Crippen molar-refractivity contribution in [1.82, 2.24) is 0 Å². The van der Waals surface area contributed by atoms with E-state index in [1.165, 1.54) is 22.6 Å². The Labute approximate surface area is 168 Å². The van der Waals surface area contributed by atoms with E-state index in [9.17, 15) is 4.79 Å². The minimum absolute atomic E-state index is 0.288. The molecular formula is C18H28O3S4. The largest absolute Gasteiger partial charge is 0.482 e. The highest BCUT2D eigenvalue weighted by atomic mass is 32.2. The van der Waals surface area contributed by atoms with E-state index < -0.39 is 5.97 Å². The van der Waals surface area contributed by atoms with Crippen molar-refractivity contribution in [3.8, 4) is 5.75 Å². The van der Waals surface area contributed by atoms with E-state index in [1.54, 1.807) is 0 Å². The molecule has 0 spiro atoms. The first-order valence-electron chi connectivity index (χ1n) is 8.44. The maximum absolute atomic E-state index is 10.7. The van der Waals surface area contributed by atoms with Gasteiger partial charge >= 0.3 is 5.97 Å². The van der Waals surface area contributed by atoms with Crippen LogP contribution in [0.25, 0.3) is 0 Å². The van der Waals surface area contributed by atoms with E-state index in [0.29, 0.717) is 5.75 Å². The molecule has 142 valence electrons. The van der Waals surface area contributed by atoms with Crippen LogP contribution in [0.15, 0.2) is 18.2 Å². The van der Waals surface area contributed by atoms with E-state index >= 15 is 0 Å². The fraction of sp³-hybridized carbons (Fsp3) is 0.611. The van der Waals surface area contributed by atoms with Gasteiger partial charge in [-0.05, 0) is 34.8 Å². The number of rotatable bonds is 15. The van der Waals surface area contributed by atoms with Crippen LogP contribution in [0.2, 0.25) is 0 Å². The molecule has 0 aliphatic heterocycles. The van der Waals surface area contributed by atoms with Gasteiger partial charge in [0.05, 0.1) is 0 Å². The molecule has 0 aromatic heterocycles. The van der Waals surface area contributed by atoms with Crippen LogP contribution >= 0.6 is 47.0 Å². The first-order valence-corrected chi connectivity index (χ1v) is 13.1. The molecule has 0 aliphatic carbocycles. The van der Waals surface area contributed by atoms with E-state index in [2.05, 4.69) is 19.9 Å². The Morgan fingerprint density at radius 1 is 0.880 bits per heavy atom. The summed E-state index contributed by atoms with van der Waals surface area (Å²) in [5, 5.41) is 8.82. The highest BCUT2D eigenvalue weighted by molar-refractivity contribution is 8.02. The SMILES string of the molecule is CCSCCSCc1cc(CSCCSCC)cc(OCC(=O)O)c1. The summed E-state index contributed by atoms with van der Waals surface area (Å²) in [5.74, 6) is 8.56. The fourth-order valence-electron chi connectivity index (χ4n) is 2.03. The quantitative estimate of drug-likeness (QED) is 0.395. The van der Waals surface area contributed by atoms with Gasteiger partial charge < -0.3 is 9.84 Å². The molecular weight excluding hydrogens is 392 g/mol. The third-order valence-corrected chi connectivity index (χ3v) is 7.46. The second-order valence-corrected chi connectivity index (χ2v) is 10.2. The van der Waals surface area contributed by atoms with E-state index in [4.69, 9.17) is 9.84 Å². The molecule has 3 nitrogen and oxygen atoms in total. The highest BCUT2D eigenvalue weighted by Crippen LogP contribution is 2.24. The molecule has 0 saturated heterocycles. The lowest BCUT2D eigenvalue weighted by molar-refractivity contribution is -0.139. The monoisotopic (exact) mass is 420 g/mol. The standard InChI is InChI=1S/C18H28O3S4/c1-3-22-5-7-24-13-15-9-16(14-25-8-6-23-4-2)11-17(10-15)21-12-18(19)20/h9-11H,3-8,12-14H2,1-2H3,(H,19,20). The number of hydrogen-bond donors (Lipinski definition) is 1. The third kappa shape index (κ3) is 12.0. The lowest BCUT2D eigenvalue weighted by Gasteiger charge is -2.10. The maximum Gasteiger partial charge on any atom is 0.341 e. The van der Waals surface area contributed by atoms with Crippen LogP contribution in [0.1, 0.15) is 25.0 Å². The Kier molecular flexibility index (Phi) is 13.8. The Hall–Kier alpha value is -0.110. The molecule has 0 amide bonds. The van der Waals surface area contributed by atoms with Crippen LogP contribution in [-0.4, -0.2) is 52.2 Å². The van der Waals surface area contributed by atoms with Gasteiger partial charge in [0.15, 0.2) is 6.61 Å². The topological polar surface area (TPSA) is 46.5 Å². The average molecular weight is 421 g/mol. The van der Waals surface area contributed by atoms with Crippen molar-refractivity contribution >= 4 is 53.0 Å². The molecule has 1 aromatic carbocycles. The zero-order valence-corrected chi connectivity index (χ0v) is 18.3. The molecule has 0 aliphatic rings. The summed E-state index contributed by atoms with van der Waals surface area (Å²) in [6.07, 6.45) is 0. The zero-order valence-electron chi connectivity index (χ0n) is 15.0. The van der Waals surface area contributed by atoms with E-state index in [-0.39, 0.29) is 6.61 Å². The van der Waals surface area contributed by atoms with Crippen molar-refractivity contribution in [3.05, 3.63) is 29.3 Å². The van der Waals surface area contributed by atoms with Crippen molar-refractivity contribution in [2.45, 2.75) is 25.4 Å². The van der Waals surface area contributed by atoms with Crippen LogP contribution in [0, 0.1) is 0 Å². The summed E-state index contributed by atoms with van der Waals surface area (Å²) in [4.78, 5) is 10.7. The predicted octanol–water partition coefficient (Wildman–Crippen LogP) is 5.12. The van der Waals surface area contributed by atoms with Crippen molar-refractivity contribution in [1.29, 1.82) is 0 Å². The van der Waals surface area contributed by atoms with Crippen LogP contribution < -0.4 is 4.74 Å². The molecule has 1 N–H and O–H groups in total. The lowest BCUT2D eigenvalue weighted by Crippen LogP contribution is -2.09. The average Bonchev–Trinajstić information content (AvgIpc) is 2.59. The molecule has 0 radical (unpaired) electrons.